The maximum atomic E-state index is 11.5. The number of amides is 2. The van der Waals surface area contributed by atoms with Crippen LogP contribution in [0.3, 0.4) is 0 Å². The number of aliphatic carboxylic acids is 1. The molecule has 2 amide bonds. The number of nitrogens with zero attached hydrogens (tertiary/aromatic N) is 4. The minimum atomic E-state index is -0.999. The third-order valence-corrected chi connectivity index (χ3v) is 2.05. The van der Waals surface area contributed by atoms with E-state index in [0.717, 1.165) is 0 Å². The van der Waals surface area contributed by atoms with E-state index in [1.54, 1.807) is 13.1 Å². The maximum absolute atomic E-state index is 11.5. The molecule has 0 aliphatic rings. The molecular formula is C10H15N5O3. The van der Waals surface area contributed by atoms with Crippen LogP contribution < -0.4 is 5.32 Å². The predicted molar refractivity (Wildman–Crippen MR) is 62.7 cm³/mol. The molecule has 0 atom stereocenters. The summed E-state index contributed by atoms with van der Waals surface area (Å²) < 4.78 is 1.19. The van der Waals surface area contributed by atoms with Gasteiger partial charge in [-0.2, -0.15) is 0 Å². The van der Waals surface area contributed by atoms with E-state index in [-0.39, 0.29) is 19.1 Å². The van der Waals surface area contributed by atoms with E-state index in [1.807, 2.05) is 0 Å². The summed E-state index contributed by atoms with van der Waals surface area (Å²) in [7, 11) is 1.64. The van der Waals surface area contributed by atoms with Gasteiger partial charge in [0.1, 0.15) is 12.2 Å². The SMILES string of the molecule is C=CCN(C)C(=O)NCc1cn(CC(=O)O)nn1. The van der Waals surface area contributed by atoms with Crippen LogP contribution in [0.5, 0.6) is 0 Å². The summed E-state index contributed by atoms with van der Waals surface area (Å²) in [5.74, 6) is -0.999. The largest absolute Gasteiger partial charge is 0.480 e. The molecular weight excluding hydrogens is 238 g/mol. The van der Waals surface area contributed by atoms with Gasteiger partial charge in [0.05, 0.1) is 12.7 Å². The van der Waals surface area contributed by atoms with Crippen LogP contribution in [0.1, 0.15) is 5.69 Å². The molecule has 0 bridgehead atoms. The summed E-state index contributed by atoms with van der Waals surface area (Å²) in [6, 6.07) is -0.261. The second kappa shape index (κ2) is 6.38. The number of likely N-dealkylation sites (N-methyl/N-ethyl adjacent to an activating group) is 1. The maximum Gasteiger partial charge on any atom is 0.325 e. The highest BCUT2D eigenvalue weighted by Crippen LogP contribution is 1.94. The van der Waals surface area contributed by atoms with Gasteiger partial charge in [-0.15, -0.1) is 11.7 Å². The molecule has 0 unspecified atom stereocenters. The fourth-order valence-electron chi connectivity index (χ4n) is 1.21. The van der Waals surface area contributed by atoms with Crippen LogP contribution in [-0.2, 0) is 17.9 Å². The van der Waals surface area contributed by atoms with Crippen LogP contribution in [0.4, 0.5) is 4.79 Å². The summed E-state index contributed by atoms with van der Waals surface area (Å²) in [4.78, 5) is 23.4. The van der Waals surface area contributed by atoms with E-state index >= 15 is 0 Å². The van der Waals surface area contributed by atoms with E-state index in [2.05, 4.69) is 22.2 Å². The van der Waals surface area contributed by atoms with Gasteiger partial charge in [0.25, 0.3) is 0 Å². The van der Waals surface area contributed by atoms with Crippen molar-refractivity contribution in [3.63, 3.8) is 0 Å². The number of nitrogens with one attached hydrogen (secondary N) is 1. The van der Waals surface area contributed by atoms with Crippen molar-refractivity contribution in [1.82, 2.24) is 25.2 Å². The average Bonchev–Trinajstić information content (AvgIpc) is 2.73. The van der Waals surface area contributed by atoms with Crippen molar-refractivity contribution in [3.8, 4) is 0 Å². The zero-order chi connectivity index (χ0) is 13.5. The lowest BCUT2D eigenvalue weighted by atomic mass is 10.4. The highest BCUT2D eigenvalue weighted by atomic mass is 16.4. The molecule has 1 heterocycles. The molecule has 0 aliphatic heterocycles. The van der Waals surface area contributed by atoms with Gasteiger partial charge in [-0.25, -0.2) is 9.48 Å². The molecule has 0 fully saturated rings. The van der Waals surface area contributed by atoms with Crippen LogP contribution >= 0.6 is 0 Å². The Kier molecular flexibility index (Phi) is 4.85. The van der Waals surface area contributed by atoms with Crippen LogP contribution in [0, 0.1) is 0 Å². The number of carbonyl (C=O) groups excluding carboxylic acids is 1. The molecule has 0 saturated heterocycles. The predicted octanol–water partition coefficient (Wildman–Crippen LogP) is -0.310. The lowest BCUT2D eigenvalue weighted by Gasteiger charge is -2.14. The Morgan fingerprint density at radius 2 is 2.39 bits per heavy atom. The summed E-state index contributed by atoms with van der Waals surface area (Å²) >= 11 is 0. The van der Waals surface area contributed by atoms with Gasteiger partial charge in [-0.1, -0.05) is 11.3 Å². The molecule has 98 valence electrons. The monoisotopic (exact) mass is 253 g/mol. The normalized spacial score (nSPS) is 9.83. The standard InChI is InChI=1S/C10H15N5O3/c1-3-4-14(2)10(18)11-5-8-6-15(13-12-8)7-9(16)17/h3,6H,1,4-5,7H2,2H3,(H,11,18)(H,16,17). The van der Waals surface area contributed by atoms with Crippen LogP contribution in [-0.4, -0.2) is 50.6 Å². The lowest BCUT2D eigenvalue weighted by molar-refractivity contribution is -0.137. The number of hydrogen-bond donors (Lipinski definition) is 2. The first-order chi connectivity index (χ1) is 8.52. The van der Waals surface area contributed by atoms with E-state index in [9.17, 15) is 9.59 Å². The molecule has 0 aromatic carbocycles. The number of rotatable bonds is 6. The number of hydrogen-bond acceptors (Lipinski definition) is 4. The second-order valence-corrected chi connectivity index (χ2v) is 3.63. The van der Waals surface area contributed by atoms with Gasteiger partial charge >= 0.3 is 12.0 Å². The van der Waals surface area contributed by atoms with E-state index < -0.39 is 5.97 Å². The summed E-state index contributed by atoms with van der Waals surface area (Å²) in [6.45, 7) is 3.91. The van der Waals surface area contributed by atoms with Gasteiger partial charge in [-0.3, -0.25) is 4.79 Å². The van der Waals surface area contributed by atoms with E-state index in [1.165, 1.54) is 15.8 Å². The molecule has 8 nitrogen and oxygen atoms in total. The van der Waals surface area contributed by atoms with Crippen molar-refractivity contribution in [2.75, 3.05) is 13.6 Å². The third-order valence-electron chi connectivity index (χ3n) is 2.05. The lowest BCUT2D eigenvalue weighted by Crippen LogP contribution is -2.36. The van der Waals surface area contributed by atoms with Crippen LogP contribution in [0.2, 0.25) is 0 Å². The molecule has 0 saturated carbocycles. The zero-order valence-corrected chi connectivity index (χ0v) is 10.0. The fraction of sp³-hybridized carbons (Fsp3) is 0.400. The van der Waals surface area contributed by atoms with Crippen molar-refractivity contribution >= 4 is 12.0 Å². The quantitative estimate of drug-likeness (QED) is 0.677. The zero-order valence-electron chi connectivity index (χ0n) is 10.0. The van der Waals surface area contributed by atoms with Crippen molar-refractivity contribution in [1.29, 1.82) is 0 Å². The number of urea groups is 1. The minimum absolute atomic E-state index is 0.194. The Morgan fingerprint density at radius 1 is 1.67 bits per heavy atom. The van der Waals surface area contributed by atoms with Crippen molar-refractivity contribution in [3.05, 3.63) is 24.5 Å². The third kappa shape index (κ3) is 4.24. The first kappa shape index (κ1) is 13.7. The van der Waals surface area contributed by atoms with Crippen molar-refractivity contribution in [2.45, 2.75) is 13.1 Å². The molecule has 1 aromatic heterocycles. The molecule has 0 aliphatic carbocycles. The number of carboxylic acid groups (broad SMARTS) is 1. The molecule has 1 rings (SSSR count). The molecule has 18 heavy (non-hydrogen) atoms. The van der Waals surface area contributed by atoms with Gasteiger partial charge in [0, 0.05) is 13.6 Å². The van der Waals surface area contributed by atoms with Crippen LogP contribution in [0.25, 0.3) is 0 Å². The van der Waals surface area contributed by atoms with Gasteiger partial charge in [0.15, 0.2) is 0 Å². The first-order valence-corrected chi connectivity index (χ1v) is 5.23. The Morgan fingerprint density at radius 3 is 3.00 bits per heavy atom. The number of aromatic nitrogens is 3. The number of carbonyl (C=O) groups is 2. The molecule has 0 radical (unpaired) electrons. The highest BCUT2D eigenvalue weighted by Gasteiger charge is 2.08. The first-order valence-electron chi connectivity index (χ1n) is 5.23. The van der Waals surface area contributed by atoms with Gasteiger partial charge in [-0.05, 0) is 0 Å². The van der Waals surface area contributed by atoms with Crippen molar-refractivity contribution in [2.24, 2.45) is 0 Å². The van der Waals surface area contributed by atoms with Crippen molar-refractivity contribution < 1.29 is 14.7 Å². The Hall–Kier alpha value is -2.38. The van der Waals surface area contributed by atoms with E-state index in [0.29, 0.717) is 12.2 Å². The molecule has 1 aromatic rings. The number of carboxylic acids is 1. The Labute approximate surface area is 104 Å². The van der Waals surface area contributed by atoms with Gasteiger partial charge in [0.2, 0.25) is 0 Å². The Bertz CT molecular complexity index is 442. The smallest absolute Gasteiger partial charge is 0.325 e. The molecule has 8 heteroatoms. The summed E-state index contributed by atoms with van der Waals surface area (Å²) in [5, 5.41) is 18.5. The minimum Gasteiger partial charge on any atom is -0.480 e. The van der Waals surface area contributed by atoms with E-state index in [4.69, 9.17) is 5.11 Å². The highest BCUT2D eigenvalue weighted by molar-refractivity contribution is 5.73. The average molecular weight is 253 g/mol. The van der Waals surface area contributed by atoms with Gasteiger partial charge < -0.3 is 15.3 Å². The topological polar surface area (TPSA) is 100 Å². The summed E-state index contributed by atoms with van der Waals surface area (Å²) in [5.41, 5.74) is 0.497. The molecule has 2 N–H and O–H groups in total. The second-order valence-electron chi connectivity index (χ2n) is 3.63. The molecule has 0 spiro atoms. The van der Waals surface area contributed by atoms with Crippen LogP contribution in [0.15, 0.2) is 18.9 Å². The fourth-order valence-corrected chi connectivity index (χ4v) is 1.21. The Balaban J connectivity index is 2.43. The summed E-state index contributed by atoms with van der Waals surface area (Å²) in [6.07, 6.45) is 3.09.